The lowest BCUT2D eigenvalue weighted by molar-refractivity contribution is -0.140. The zero-order valence-electron chi connectivity index (χ0n) is 10.1. The molecular formula is C12H13NO4S. The number of carbonyl (C=O) groups is 1. The highest BCUT2D eigenvalue weighted by atomic mass is 32.2. The van der Waals surface area contributed by atoms with Crippen LogP contribution in [0.25, 0.3) is 0 Å². The molecule has 0 saturated carbocycles. The Hall–Kier alpha value is -1.87. The Morgan fingerprint density at radius 1 is 1.50 bits per heavy atom. The third-order valence-corrected chi connectivity index (χ3v) is 2.98. The van der Waals surface area contributed by atoms with E-state index in [1.807, 2.05) is 5.40 Å². The van der Waals surface area contributed by atoms with Gasteiger partial charge in [-0.25, -0.2) is 0 Å². The number of ether oxygens (including phenoxy) is 2. The van der Waals surface area contributed by atoms with Crippen LogP contribution in [0.2, 0.25) is 0 Å². The van der Waals surface area contributed by atoms with E-state index in [2.05, 4.69) is 4.74 Å². The van der Waals surface area contributed by atoms with Gasteiger partial charge >= 0.3 is 5.97 Å². The number of methoxy groups -OCH3 is 2. The molecule has 0 spiro atoms. The van der Waals surface area contributed by atoms with E-state index in [1.165, 1.54) is 20.3 Å². The fourth-order valence-corrected chi connectivity index (χ4v) is 1.96. The third kappa shape index (κ3) is 3.57. The van der Waals surface area contributed by atoms with Crippen LogP contribution in [0.1, 0.15) is 12.0 Å². The number of aromatic hydroxyl groups is 1. The molecule has 0 bridgehead atoms. The highest BCUT2D eigenvalue weighted by Gasteiger charge is 2.12. The maximum absolute atomic E-state index is 11.0. The predicted octanol–water partition coefficient (Wildman–Crippen LogP) is 2.08. The summed E-state index contributed by atoms with van der Waals surface area (Å²) in [6.45, 7) is 0. The monoisotopic (exact) mass is 267 g/mol. The van der Waals surface area contributed by atoms with Gasteiger partial charge in [0.05, 0.1) is 19.1 Å². The van der Waals surface area contributed by atoms with E-state index in [1.54, 1.807) is 6.07 Å². The van der Waals surface area contributed by atoms with Crippen molar-refractivity contribution in [2.24, 2.45) is 0 Å². The quantitative estimate of drug-likeness (QED) is 0.500. The fraction of sp³-hybridized carbons (Fsp3) is 0.333. The Kier molecular flexibility index (Phi) is 5.33. The molecule has 5 nitrogen and oxygen atoms in total. The van der Waals surface area contributed by atoms with Crippen molar-refractivity contribution in [1.82, 2.24) is 0 Å². The van der Waals surface area contributed by atoms with Crippen LogP contribution in [0.15, 0.2) is 17.0 Å². The van der Waals surface area contributed by atoms with Crippen molar-refractivity contribution in [2.45, 2.75) is 17.7 Å². The normalized spacial score (nSPS) is 9.61. The maximum atomic E-state index is 11.0. The van der Waals surface area contributed by atoms with Crippen molar-refractivity contribution in [3.8, 4) is 16.9 Å². The molecule has 0 saturated heterocycles. The molecule has 0 aromatic heterocycles. The topological polar surface area (TPSA) is 79.6 Å². The highest BCUT2D eigenvalue weighted by Crippen LogP contribution is 2.35. The maximum Gasteiger partial charge on any atom is 0.305 e. The second kappa shape index (κ2) is 6.77. The Morgan fingerprint density at radius 3 is 2.78 bits per heavy atom. The summed E-state index contributed by atoms with van der Waals surface area (Å²) in [5.41, 5.74) is 0.582. The molecule has 6 heteroatoms. The first-order valence-corrected chi connectivity index (χ1v) is 5.96. The molecule has 1 aromatic carbocycles. The number of hydrogen-bond donors (Lipinski definition) is 1. The van der Waals surface area contributed by atoms with Crippen LogP contribution in [-0.4, -0.2) is 25.3 Å². The molecule has 0 atom stereocenters. The molecule has 96 valence electrons. The molecular weight excluding hydrogens is 254 g/mol. The Balaban J connectivity index is 2.95. The number of thioether (sulfide) groups is 1. The number of carbonyl (C=O) groups excluding carboxylic acids is 1. The standard InChI is InChI=1S/C12H13NO4S/c1-16-10-6-9(14)8(3-4-12(15)17-2)5-11(10)18-7-13/h5-6,14H,3-4H2,1-2H3. The number of esters is 1. The van der Waals surface area contributed by atoms with Crippen molar-refractivity contribution in [3.05, 3.63) is 17.7 Å². The molecule has 1 aromatic rings. The molecule has 1 N–H and O–H groups in total. The number of nitrogens with zero attached hydrogens (tertiary/aromatic N) is 1. The van der Waals surface area contributed by atoms with E-state index in [-0.39, 0.29) is 18.1 Å². The molecule has 0 aliphatic carbocycles. The van der Waals surface area contributed by atoms with Crippen LogP contribution >= 0.6 is 11.8 Å². The molecule has 0 unspecified atom stereocenters. The Morgan fingerprint density at radius 2 is 2.22 bits per heavy atom. The minimum absolute atomic E-state index is 0.0399. The zero-order chi connectivity index (χ0) is 13.5. The Labute approximate surface area is 109 Å². The largest absolute Gasteiger partial charge is 0.508 e. The van der Waals surface area contributed by atoms with Gasteiger partial charge in [0, 0.05) is 12.5 Å². The van der Waals surface area contributed by atoms with E-state index in [0.717, 1.165) is 11.8 Å². The van der Waals surface area contributed by atoms with E-state index >= 15 is 0 Å². The van der Waals surface area contributed by atoms with Crippen molar-refractivity contribution in [2.75, 3.05) is 14.2 Å². The van der Waals surface area contributed by atoms with Gasteiger partial charge in [-0.1, -0.05) is 0 Å². The lowest BCUT2D eigenvalue weighted by atomic mass is 10.1. The van der Waals surface area contributed by atoms with Gasteiger partial charge in [0.15, 0.2) is 0 Å². The summed E-state index contributed by atoms with van der Waals surface area (Å²) in [5, 5.41) is 20.4. The summed E-state index contributed by atoms with van der Waals surface area (Å²) in [4.78, 5) is 11.7. The number of aryl methyl sites for hydroxylation is 1. The van der Waals surface area contributed by atoms with Gasteiger partial charge in [-0.2, -0.15) is 5.26 Å². The first kappa shape index (κ1) is 14.2. The second-order valence-electron chi connectivity index (χ2n) is 3.40. The number of hydrogen-bond acceptors (Lipinski definition) is 6. The van der Waals surface area contributed by atoms with Crippen molar-refractivity contribution in [1.29, 1.82) is 5.26 Å². The van der Waals surface area contributed by atoms with E-state index < -0.39 is 0 Å². The summed E-state index contributed by atoms with van der Waals surface area (Å²) in [5.74, 6) is 0.124. The SMILES string of the molecule is COC(=O)CCc1cc(SC#N)c(OC)cc1O. The highest BCUT2D eigenvalue weighted by molar-refractivity contribution is 8.03. The van der Waals surface area contributed by atoms with Crippen LogP contribution in [0.5, 0.6) is 11.5 Å². The van der Waals surface area contributed by atoms with Gasteiger partial charge in [0.2, 0.25) is 0 Å². The second-order valence-corrected chi connectivity index (χ2v) is 4.23. The van der Waals surface area contributed by atoms with Crippen LogP contribution in [0.3, 0.4) is 0 Å². The minimum Gasteiger partial charge on any atom is -0.508 e. The van der Waals surface area contributed by atoms with Gasteiger partial charge in [0.1, 0.15) is 16.9 Å². The van der Waals surface area contributed by atoms with Gasteiger partial charge in [0.25, 0.3) is 0 Å². The smallest absolute Gasteiger partial charge is 0.305 e. The van der Waals surface area contributed by atoms with Gasteiger partial charge < -0.3 is 14.6 Å². The van der Waals surface area contributed by atoms with Gasteiger partial charge in [-0.3, -0.25) is 4.79 Å². The molecule has 0 heterocycles. The number of rotatable bonds is 5. The third-order valence-electron chi connectivity index (χ3n) is 2.35. The molecule has 0 fully saturated rings. The lowest BCUT2D eigenvalue weighted by Crippen LogP contribution is -2.02. The van der Waals surface area contributed by atoms with E-state index in [4.69, 9.17) is 10.00 Å². The molecule has 1 rings (SSSR count). The first-order chi connectivity index (χ1) is 8.62. The fourth-order valence-electron chi connectivity index (χ4n) is 1.42. The van der Waals surface area contributed by atoms with Crippen molar-refractivity contribution < 1.29 is 19.4 Å². The number of nitriles is 1. The number of thiocyanates is 1. The van der Waals surface area contributed by atoms with Crippen LogP contribution in [-0.2, 0) is 16.0 Å². The summed E-state index contributed by atoms with van der Waals surface area (Å²) < 4.78 is 9.59. The molecule has 0 radical (unpaired) electrons. The van der Waals surface area contributed by atoms with Crippen LogP contribution in [0.4, 0.5) is 0 Å². The first-order valence-electron chi connectivity index (χ1n) is 5.15. The van der Waals surface area contributed by atoms with Crippen LogP contribution < -0.4 is 4.74 Å². The molecule has 0 aliphatic rings. The summed E-state index contributed by atoms with van der Waals surface area (Å²) in [6.07, 6.45) is 0.522. The number of phenolic OH excluding ortho intramolecular Hbond substituents is 1. The molecule has 0 aliphatic heterocycles. The Bertz CT molecular complexity index is 482. The van der Waals surface area contributed by atoms with E-state index in [0.29, 0.717) is 22.6 Å². The van der Waals surface area contributed by atoms with Gasteiger partial charge in [-0.05, 0) is 29.8 Å². The molecule has 0 amide bonds. The lowest BCUT2D eigenvalue weighted by Gasteiger charge is -2.10. The number of benzene rings is 1. The van der Waals surface area contributed by atoms with Gasteiger partial charge in [-0.15, -0.1) is 0 Å². The zero-order valence-corrected chi connectivity index (χ0v) is 10.9. The summed E-state index contributed by atoms with van der Waals surface area (Å²) in [7, 11) is 2.78. The summed E-state index contributed by atoms with van der Waals surface area (Å²) >= 11 is 0.943. The van der Waals surface area contributed by atoms with Crippen molar-refractivity contribution >= 4 is 17.7 Å². The minimum atomic E-state index is -0.347. The summed E-state index contributed by atoms with van der Waals surface area (Å²) in [6, 6.07) is 3.08. The number of phenols is 1. The van der Waals surface area contributed by atoms with Crippen LogP contribution in [0, 0.1) is 10.7 Å². The molecule has 18 heavy (non-hydrogen) atoms. The predicted molar refractivity (Wildman–Crippen MR) is 66.5 cm³/mol. The average Bonchev–Trinajstić information content (AvgIpc) is 2.38. The van der Waals surface area contributed by atoms with E-state index in [9.17, 15) is 9.90 Å². The average molecular weight is 267 g/mol. The van der Waals surface area contributed by atoms with Crippen molar-refractivity contribution in [3.63, 3.8) is 0 Å².